The Balaban J connectivity index is 2.86. The first kappa shape index (κ1) is 15.9. The van der Waals surface area contributed by atoms with Crippen LogP contribution < -0.4 is 5.43 Å². The van der Waals surface area contributed by atoms with Gasteiger partial charge in [0.1, 0.15) is 22.6 Å². The third kappa shape index (κ3) is 2.91. The summed E-state index contributed by atoms with van der Waals surface area (Å²) in [6, 6.07) is 2.56. The van der Waals surface area contributed by atoms with Gasteiger partial charge in [-0.25, -0.2) is 0 Å². The van der Waals surface area contributed by atoms with Gasteiger partial charge in [-0.2, -0.15) is 0 Å². The Bertz CT molecular complexity index is 812. The van der Waals surface area contributed by atoms with Crippen molar-refractivity contribution in [2.45, 2.75) is 33.1 Å². The predicted molar refractivity (Wildman–Crippen MR) is 88.4 cm³/mol. The van der Waals surface area contributed by atoms with E-state index in [1.807, 2.05) is 20.8 Å². The number of rotatable bonds is 4. The first-order valence-electron chi connectivity index (χ1n) is 7.21. The lowest BCUT2D eigenvalue weighted by atomic mass is 10.0. The molecule has 0 saturated heterocycles. The van der Waals surface area contributed by atoms with Gasteiger partial charge in [0.25, 0.3) is 0 Å². The van der Waals surface area contributed by atoms with Crippen LogP contribution in [0.4, 0.5) is 0 Å². The minimum Gasteiger partial charge on any atom is -0.507 e. The monoisotopic (exact) mass is 300 g/mol. The van der Waals surface area contributed by atoms with Crippen molar-refractivity contribution < 1.29 is 14.6 Å². The summed E-state index contributed by atoms with van der Waals surface area (Å²) in [6.07, 6.45) is 4.15. The van der Waals surface area contributed by atoms with Gasteiger partial charge in [0.15, 0.2) is 11.0 Å². The Hall–Kier alpha value is -2.49. The van der Waals surface area contributed by atoms with Crippen LogP contribution in [0.3, 0.4) is 0 Å². The predicted octanol–water partition coefficient (Wildman–Crippen LogP) is 4.31. The number of fused-ring (bicyclic) bond motifs is 1. The van der Waals surface area contributed by atoms with Crippen molar-refractivity contribution in [1.29, 1.82) is 0 Å². The quantitative estimate of drug-likeness (QED) is 0.825. The van der Waals surface area contributed by atoms with Crippen molar-refractivity contribution in [3.8, 4) is 11.5 Å². The summed E-state index contributed by atoms with van der Waals surface area (Å²) < 4.78 is 5.82. The molecule has 4 heteroatoms. The molecule has 0 bridgehead atoms. The molecule has 2 N–H and O–H groups in total. The highest BCUT2D eigenvalue weighted by Crippen LogP contribution is 2.35. The van der Waals surface area contributed by atoms with E-state index in [1.54, 1.807) is 12.2 Å². The summed E-state index contributed by atoms with van der Waals surface area (Å²) in [5, 5.41) is 20.1. The summed E-state index contributed by atoms with van der Waals surface area (Å²) in [5.74, 6) is 0.172. The molecule has 116 valence electrons. The van der Waals surface area contributed by atoms with E-state index >= 15 is 0 Å². The van der Waals surface area contributed by atoms with E-state index in [0.717, 1.165) is 18.1 Å². The summed E-state index contributed by atoms with van der Waals surface area (Å²) in [5.41, 5.74) is 1.02. The minimum atomic E-state index is -0.320. The zero-order valence-corrected chi connectivity index (χ0v) is 13.0. The van der Waals surface area contributed by atoms with Crippen molar-refractivity contribution in [2.24, 2.45) is 0 Å². The fourth-order valence-electron chi connectivity index (χ4n) is 2.17. The highest BCUT2D eigenvalue weighted by Gasteiger charge is 2.17. The van der Waals surface area contributed by atoms with Crippen molar-refractivity contribution in [3.05, 3.63) is 51.9 Å². The summed E-state index contributed by atoms with van der Waals surface area (Å²) in [4.78, 5) is 12.3. The maximum absolute atomic E-state index is 12.3. The Morgan fingerprint density at radius 1 is 1.36 bits per heavy atom. The summed E-state index contributed by atoms with van der Waals surface area (Å²) in [7, 11) is 0. The van der Waals surface area contributed by atoms with E-state index in [0.29, 0.717) is 11.3 Å². The van der Waals surface area contributed by atoms with Gasteiger partial charge in [-0.15, -0.1) is 0 Å². The number of allylic oxidation sites excluding steroid dienone is 2. The average Bonchev–Trinajstić information content (AvgIpc) is 2.44. The van der Waals surface area contributed by atoms with Crippen molar-refractivity contribution >= 4 is 17.0 Å². The molecule has 4 nitrogen and oxygen atoms in total. The number of aromatic hydroxyl groups is 2. The number of hydrogen-bond donors (Lipinski definition) is 2. The van der Waals surface area contributed by atoms with Crippen LogP contribution in [0.25, 0.3) is 17.0 Å². The Morgan fingerprint density at radius 2 is 2.05 bits per heavy atom. The van der Waals surface area contributed by atoms with Gasteiger partial charge < -0.3 is 14.6 Å². The summed E-state index contributed by atoms with van der Waals surface area (Å²) in [6.45, 7) is 9.53. The third-order valence-electron chi connectivity index (χ3n) is 3.65. The SMILES string of the molecule is C=C(C)C=Cc1c(O)cc(O)c2c(=O)cc(C(C)CC)oc12. The van der Waals surface area contributed by atoms with E-state index in [2.05, 4.69) is 6.58 Å². The van der Waals surface area contributed by atoms with Crippen LogP contribution in [0.2, 0.25) is 0 Å². The smallest absolute Gasteiger partial charge is 0.196 e. The molecule has 0 fully saturated rings. The van der Waals surface area contributed by atoms with E-state index in [1.165, 1.54) is 6.07 Å². The van der Waals surface area contributed by atoms with Gasteiger partial charge in [-0.1, -0.05) is 32.1 Å². The molecule has 2 aromatic rings. The molecule has 1 atom stereocenters. The van der Waals surface area contributed by atoms with Crippen molar-refractivity contribution in [2.75, 3.05) is 0 Å². The van der Waals surface area contributed by atoms with E-state index in [-0.39, 0.29) is 33.8 Å². The van der Waals surface area contributed by atoms with Crippen LogP contribution in [0.15, 0.2) is 39.6 Å². The fourth-order valence-corrected chi connectivity index (χ4v) is 2.17. The Kier molecular flexibility index (Phi) is 4.40. The van der Waals surface area contributed by atoms with Gasteiger partial charge in [0.2, 0.25) is 0 Å². The van der Waals surface area contributed by atoms with Crippen molar-refractivity contribution in [1.82, 2.24) is 0 Å². The van der Waals surface area contributed by atoms with E-state index < -0.39 is 0 Å². The largest absolute Gasteiger partial charge is 0.507 e. The second-order valence-corrected chi connectivity index (χ2v) is 5.53. The molecule has 1 unspecified atom stereocenters. The first-order chi connectivity index (χ1) is 10.3. The number of phenols is 2. The maximum Gasteiger partial charge on any atom is 0.196 e. The Morgan fingerprint density at radius 3 is 2.64 bits per heavy atom. The number of phenolic OH excluding ortho intramolecular Hbond substituents is 2. The first-order valence-corrected chi connectivity index (χ1v) is 7.21. The number of hydrogen-bond acceptors (Lipinski definition) is 4. The van der Waals surface area contributed by atoms with Gasteiger partial charge in [-0.3, -0.25) is 4.79 Å². The molecule has 2 rings (SSSR count). The molecule has 1 heterocycles. The molecule has 0 saturated carbocycles. The molecule has 0 spiro atoms. The maximum atomic E-state index is 12.3. The van der Waals surface area contributed by atoms with E-state index in [9.17, 15) is 15.0 Å². The van der Waals surface area contributed by atoms with Crippen LogP contribution in [0, 0.1) is 0 Å². The number of benzene rings is 1. The topological polar surface area (TPSA) is 70.7 Å². The zero-order valence-electron chi connectivity index (χ0n) is 13.0. The zero-order chi connectivity index (χ0) is 16.4. The molecule has 1 aromatic heterocycles. The second-order valence-electron chi connectivity index (χ2n) is 5.53. The average molecular weight is 300 g/mol. The standard InChI is InChI=1S/C18H20O4/c1-5-11(4)16-9-15(21)17-14(20)8-13(19)12(18(17)22-16)7-6-10(2)3/h6-9,11,19-20H,2,5H2,1,3-4H3. The molecule has 0 amide bonds. The van der Waals surface area contributed by atoms with Gasteiger partial charge in [-0.05, 0) is 19.4 Å². The van der Waals surface area contributed by atoms with Gasteiger partial charge in [0.05, 0.1) is 5.56 Å². The van der Waals surface area contributed by atoms with Crippen LogP contribution >= 0.6 is 0 Å². The van der Waals surface area contributed by atoms with Crippen molar-refractivity contribution in [3.63, 3.8) is 0 Å². The lowest BCUT2D eigenvalue weighted by molar-refractivity contribution is 0.445. The van der Waals surface area contributed by atoms with Crippen LogP contribution in [0.5, 0.6) is 11.5 Å². The van der Waals surface area contributed by atoms with Crippen LogP contribution in [0.1, 0.15) is 44.4 Å². The highest BCUT2D eigenvalue weighted by atomic mass is 16.3. The van der Waals surface area contributed by atoms with Crippen LogP contribution in [-0.2, 0) is 0 Å². The van der Waals surface area contributed by atoms with Gasteiger partial charge in [0, 0.05) is 18.1 Å². The summed E-state index contributed by atoms with van der Waals surface area (Å²) >= 11 is 0. The lowest BCUT2D eigenvalue weighted by Gasteiger charge is -2.11. The molecule has 22 heavy (non-hydrogen) atoms. The molecule has 0 aliphatic heterocycles. The lowest BCUT2D eigenvalue weighted by Crippen LogP contribution is -2.05. The fraction of sp³-hybridized carbons (Fsp3) is 0.278. The molecular formula is C18H20O4. The van der Waals surface area contributed by atoms with Gasteiger partial charge >= 0.3 is 0 Å². The molecular weight excluding hydrogens is 280 g/mol. The highest BCUT2D eigenvalue weighted by molar-refractivity contribution is 5.93. The molecule has 0 aliphatic rings. The Labute approximate surface area is 129 Å². The van der Waals surface area contributed by atoms with Crippen LogP contribution in [-0.4, -0.2) is 10.2 Å². The van der Waals surface area contributed by atoms with E-state index in [4.69, 9.17) is 4.42 Å². The third-order valence-corrected chi connectivity index (χ3v) is 3.65. The molecule has 0 aliphatic carbocycles. The second kappa shape index (κ2) is 6.10. The minimum absolute atomic E-state index is 0.0690. The molecule has 0 radical (unpaired) electrons. The molecule has 1 aromatic carbocycles. The normalized spacial score (nSPS) is 12.9.